The Morgan fingerprint density at radius 3 is 2.64 bits per heavy atom. The van der Waals surface area contributed by atoms with E-state index in [1.807, 2.05) is 48.7 Å². The van der Waals surface area contributed by atoms with Crippen molar-refractivity contribution in [3.8, 4) is 11.5 Å². The smallest absolute Gasteiger partial charge is 0.261 e. The lowest BCUT2D eigenvalue weighted by Gasteiger charge is -2.18. The zero-order chi connectivity index (χ0) is 20.2. The van der Waals surface area contributed by atoms with Crippen molar-refractivity contribution in [2.75, 3.05) is 33.8 Å². The van der Waals surface area contributed by atoms with Gasteiger partial charge in [0.05, 0.1) is 18.5 Å². The maximum Gasteiger partial charge on any atom is 0.261 e. The molecule has 0 saturated carbocycles. The Hall–Kier alpha value is -2.74. The first-order chi connectivity index (χ1) is 13.6. The number of methoxy groups -OCH3 is 1. The van der Waals surface area contributed by atoms with Crippen LogP contribution in [0.4, 0.5) is 0 Å². The van der Waals surface area contributed by atoms with E-state index in [0.717, 1.165) is 22.8 Å². The molecule has 0 fully saturated rings. The largest absolute Gasteiger partial charge is 0.497 e. The Kier molecular flexibility index (Phi) is 9.14. The van der Waals surface area contributed by atoms with Crippen LogP contribution in [0, 0.1) is 0 Å². The van der Waals surface area contributed by atoms with Crippen LogP contribution >= 0.6 is 11.3 Å². The fraction of sp³-hybridized carbons (Fsp3) is 0.400. The molecule has 1 heterocycles. The number of amides is 1. The Bertz CT molecular complexity index is 750. The van der Waals surface area contributed by atoms with Gasteiger partial charge in [-0.05, 0) is 36.9 Å². The molecule has 7 nitrogen and oxygen atoms in total. The number of hydrogen-bond acceptors (Lipinski definition) is 5. The van der Waals surface area contributed by atoms with Crippen molar-refractivity contribution in [3.05, 3.63) is 46.7 Å². The van der Waals surface area contributed by atoms with Crippen molar-refractivity contribution in [1.29, 1.82) is 0 Å². The average molecular weight is 405 g/mol. The van der Waals surface area contributed by atoms with Gasteiger partial charge in [0, 0.05) is 26.2 Å². The summed E-state index contributed by atoms with van der Waals surface area (Å²) in [4.78, 5) is 16.8. The number of nitrogens with zero attached hydrogens (tertiary/aromatic N) is 1. The first-order valence-electron chi connectivity index (χ1n) is 9.19. The van der Waals surface area contributed by atoms with Gasteiger partial charge < -0.3 is 25.4 Å². The molecule has 8 heteroatoms. The van der Waals surface area contributed by atoms with E-state index in [2.05, 4.69) is 20.9 Å². The molecule has 0 radical (unpaired) electrons. The number of carbonyl (C=O) groups excluding carboxylic acids is 1. The summed E-state index contributed by atoms with van der Waals surface area (Å²) in [5.41, 5.74) is 0. The highest BCUT2D eigenvalue weighted by molar-refractivity contribution is 7.12. The second-order valence-corrected chi connectivity index (χ2v) is 7.02. The van der Waals surface area contributed by atoms with E-state index >= 15 is 0 Å². The molecule has 1 amide bonds. The lowest BCUT2D eigenvalue weighted by atomic mass is 10.3. The number of hydrogen-bond donors (Lipinski definition) is 3. The van der Waals surface area contributed by atoms with Gasteiger partial charge in [-0.25, -0.2) is 0 Å². The first-order valence-corrected chi connectivity index (χ1v) is 10.1. The van der Waals surface area contributed by atoms with Crippen LogP contribution in [0.1, 0.15) is 23.0 Å². The minimum atomic E-state index is -0.0456. The van der Waals surface area contributed by atoms with Gasteiger partial charge in [-0.2, -0.15) is 0 Å². The normalized spacial score (nSPS) is 12.2. The van der Waals surface area contributed by atoms with Gasteiger partial charge in [0.2, 0.25) is 0 Å². The summed E-state index contributed by atoms with van der Waals surface area (Å²) in [6, 6.07) is 11.2. The average Bonchev–Trinajstić information content (AvgIpc) is 3.25. The van der Waals surface area contributed by atoms with E-state index in [9.17, 15) is 4.79 Å². The molecule has 1 aromatic carbocycles. The summed E-state index contributed by atoms with van der Waals surface area (Å²) < 4.78 is 11.1. The third kappa shape index (κ3) is 7.48. The molecule has 28 heavy (non-hydrogen) atoms. The SMILES string of the molecule is CN=C(NCCCNC(=O)c1cccs1)NCC(C)Oc1cccc(OC)c1. The number of aliphatic imine (C=N–C) groups is 1. The van der Waals surface area contributed by atoms with E-state index in [0.29, 0.717) is 25.6 Å². The Labute approximate surface area is 170 Å². The fourth-order valence-electron chi connectivity index (χ4n) is 2.40. The highest BCUT2D eigenvalue weighted by Gasteiger charge is 2.07. The van der Waals surface area contributed by atoms with Crippen molar-refractivity contribution < 1.29 is 14.3 Å². The molecule has 1 aromatic heterocycles. The van der Waals surface area contributed by atoms with Crippen molar-refractivity contribution in [2.24, 2.45) is 4.99 Å². The first kappa shape index (κ1) is 21.6. The summed E-state index contributed by atoms with van der Waals surface area (Å²) >= 11 is 1.44. The van der Waals surface area contributed by atoms with Gasteiger partial charge >= 0.3 is 0 Å². The van der Waals surface area contributed by atoms with E-state index < -0.39 is 0 Å². The van der Waals surface area contributed by atoms with Crippen LogP contribution in [0.5, 0.6) is 11.5 Å². The minimum absolute atomic E-state index is 0.0268. The molecule has 1 atom stereocenters. The Morgan fingerprint density at radius 1 is 1.14 bits per heavy atom. The molecule has 152 valence electrons. The number of guanidine groups is 1. The topological polar surface area (TPSA) is 84.0 Å². The van der Waals surface area contributed by atoms with Crippen LogP contribution in [0.15, 0.2) is 46.8 Å². The molecule has 2 rings (SSSR count). The Balaban J connectivity index is 1.62. The molecule has 0 saturated heterocycles. The van der Waals surface area contributed by atoms with Crippen LogP contribution in [-0.4, -0.2) is 51.8 Å². The van der Waals surface area contributed by atoms with E-state index in [-0.39, 0.29) is 12.0 Å². The number of carbonyl (C=O) groups is 1. The highest BCUT2D eigenvalue weighted by Crippen LogP contribution is 2.19. The van der Waals surface area contributed by atoms with Gasteiger partial charge in [-0.1, -0.05) is 12.1 Å². The van der Waals surface area contributed by atoms with Gasteiger partial charge in [0.25, 0.3) is 5.91 Å². The van der Waals surface area contributed by atoms with E-state index in [1.54, 1.807) is 14.2 Å². The molecule has 0 aliphatic carbocycles. The maximum absolute atomic E-state index is 11.8. The number of rotatable bonds is 10. The van der Waals surface area contributed by atoms with Gasteiger partial charge in [0.15, 0.2) is 5.96 Å². The van der Waals surface area contributed by atoms with E-state index in [4.69, 9.17) is 9.47 Å². The van der Waals surface area contributed by atoms with Crippen LogP contribution in [0.2, 0.25) is 0 Å². The van der Waals surface area contributed by atoms with E-state index in [1.165, 1.54) is 11.3 Å². The number of thiophene rings is 1. The van der Waals surface area contributed by atoms with Crippen molar-refractivity contribution in [2.45, 2.75) is 19.4 Å². The highest BCUT2D eigenvalue weighted by atomic mass is 32.1. The third-order valence-corrected chi connectivity index (χ3v) is 4.70. The zero-order valence-electron chi connectivity index (χ0n) is 16.5. The summed E-state index contributed by atoms with van der Waals surface area (Å²) in [5.74, 6) is 2.20. The maximum atomic E-state index is 11.8. The number of nitrogens with one attached hydrogen (secondary N) is 3. The quantitative estimate of drug-likeness (QED) is 0.322. The van der Waals surface area contributed by atoms with Crippen LogP contribution in [0.25, 0.3) is 0 Å². The van der Waals surface area contributed by atoms with Gasteiger partial charge in [-0.3, -0.25) is 9.79 Å². The molecular weight excluding hydrogens is 376 g/mol. The lowest BCUT2D eigenvalue weighted by molar-refractivity contribution is 0.0957. The predicted octanol–water partition coefficient (Wildman–Crippen LogP) is 2.51. The zero-order valence-corrected chi connectivity index (χ0v) is 17.3. The molecule has 2 aromatic rings. The summed E-state index contributed by atoms with van der Waals surface area (Å²) in [7, 11) is 3.36. The van der Waals surface area contributed by atoms with Crippen molar-refractivity contribution in [3.63, 3.8) is 0 Å². The van der Waals surface area contributed by atoms with Crippen LogP contribution in [-0.2, 0) is 0 Å². The predicted molar refractivity (Wildman–Crippen MR) is 114 cm³/mol. The number of ether oxygens (including phenoxy) is 2. The Morgan fingerprint density at radius 2 is 1.93 bits per heavy atom. The van der Waals surface area contributed by atoms with Crippen LogP contribution < -0.4 is 25.4 Å². The van der Waals surface area contributed by atoms with Crippen molar-refractivity contribution >= 4 is 23.2 Å². The van der Waals surface area contributed by atoms with Crippen molar-refractivity contribution in [1.82, 2.24) is 16.0 Å². The molecule has 0 spiro atoms. The van der Waals surface area contributed by atoms with Gasteiger partial charge in [0.1, 0.15) is 17.6 Å². The summed E-state index contributed by atoms with van der Waals surface area (Å²) in [6.07, 6.45) is 0.754. The molecular formula is C20H28N4O3S. The molecule has 1 unspecified atom stereocenters. The number of benzene rings is 1. The lowest BCUT2D eigenvalue weighted by Crippen LogP contribution is -2.42. The second-order valence-electron chi connectivity index (χ2n) is 6.07. The summed E-state index contributed by atoms with van der Waals surface area (Å²) in [6.45, 7) is 3.90. The third-order valence-electron chi connectivity index (χ3n) is 3.84. The molecule has 0 bridgehead atoms. The summed E-state index contributed by atoms with van der Waals surface area (Å²) in [5, 5.41) is 11.3. The molecule has 0 aliphatic heterocycles. The molecule has 0 aliphatic rings. The monoisotopic (exact) mass is 404 g/mol. The fourth-order valence-corrected chi connectivity index (χ4v) is 3.04. The second kappa shape index (κ2) is 11.9. The van der Waals surface area contributed by atoms with Gasteiger partial charge in [-0.15, -0.1) is 11.3 Å². The molecule has 3 N–H and O–H groups in total. The minimum Gasteiger partial charge on any atom is -0.497 e. The standard InChI is InChI=1S/C20H28N4O3S/c1-15(27-17-8-4-7-16(13-17)26-3)14-24-20(21-2)23-11-6-10-22-19(25)18-9-5-12-28-18/h4-5,7-9,12-13,15H,6,10-11,14H2,1-3H3,(H,22,25)(H2,21,23,24). The van der Waals surface area contributed by atoms with Crippen LogP contribution in [0.3, 0.4) is 0 Å².